The molecule has 2 aromatic carbocycles. The number of hydrogen-bond acceptors (Lipinski definition) is 3. The predicted molar refractivity (Wildman–Crippen MR) is 133 cm³/mol. The minimum absolute atomic E-state index is 0.155. The van der Waals surface area contributed by atoms with E-state index in [1.807, 2.05) is 18.2 Å². The van der Waals surface area contributed by atoms with Crippen molar-refractivity contribution in [3.63, 3.8) is 0 Å². The summed E-state index contributed by atoms with van der Waals surface area (Å²) >= 11 is 1.67. The molecule has 1 aliphatic carbocycles. The number of rotatable bonds is 6. The second-order valence-electron chi connectivity index (χ2n) is 8.84. The van der Waals surface area contributed by atoms with E-state index in [-0.39, 0.29) is 5.78 Å². The first-order valence-electron chi connectivity index (χ1n) is 11.5. The van der Waals surface area contributed by atoms with Crippen LogP contribution in [0.25, 0.3) is 21.5 Å². The highest BCUT2D eigenvalue weighted by Crippen LogP contribution is 2.46. The van der Waals surface area contributed by atoms with Crippen LogP contribution in [0, 0.1) is 0 Å². The lowest BCUT2D eigenvalue weighted by molar-refractivity contribution is 0.102. The Morgan fingerprint density at radius 2 is 1.75 bits per heavy atom. The maximum Gasteiger partial charge on any atom is 0.169 e. The van der Waals surface area contributed by atoms with Gasteiger partial charge in [-0.1, -0.05) is 49.6 Å². The Labute approximate surface area is 193 Å². The summed E-state index contributed by atoms with van der Waals surface area (Å²) in [5.41, 5.74) is 6.30. The van der Waals surface area contributed by atoms with Crippen LogP contribution in [-0.4, -0.2) is 10.4 Å². The van der Waals surface area contributed by atoms with Crippen molar-refractivity contribution < 1.29 is 9.53 Å². The summed E-state index contributed by atoms with van der Waals surface area (Å²) in [6, 6.07) is 20.8. The fraction of sp³-hybridized carbons (Fsp3) is 0.321. The van der Waals surface area contributed by atoms with E-state index >= 15 is 0 Å². The highest BCUT2D eigenvalue weighted by Gasteiger charge is 2.27. The SMILES string of the molecule is CC(=O)c1cc2c(s1)c(C1CCCCC1)c(-c1ccc(OCc3ccccc3)cc1)n2C. The van der Waals surface area contributed by atoms with Crippen molar-refractivity contribution in [1.82, 2.24) is 4.57 Å². The van der Waals surface area contributed by atoms with Crippen LogP contribution >= 0.6 is 11.3 Å². The third kappa shape index (κ3) is 4.00. The molecule has 0 saturated heterocycles. The first-order chi connectivity index (χ1) is 15.6. The number of fused-ring (bicyclic) bond motifs is 1. The zero-order valence-electron chi connectivity index (χ0n) is 18.8. The number of nitrogens with zero attached hydrogens (tertiary/aromatic N) is 1. The number of aryl methyl sites for hydroxylation is 1. The van der Waals surface area contributed by atoms with Gasteiger partial charge in [-0.05, 0) is 72.7 Å². The van der Waals surface area contributed by atoms with Gasteiger partial charge in [0.15, 0.2) is 5.78 Å². The van der Waals surface area contributed by atoms with Crippen molar-refractivity contribution in [2.45, 2.75) is 51.6 Å². The number of carbonyl (C=O) groups is 1. The monoisotopic (exact) mass is 443 g/mol. The molecule has 0 bridgehead atoms. The molecule has 1 fully saturated rings. The van der Waals surface area contributed by atoms with Gasteiger partial charge < -0.3 is 9.30 Å². The van der Waals surface area contributed by atoms with Gasteiger partial charge in [-0.2, -0.15) is 0 Å². The van der Waals surface area contributed by atoms with E-state index in [0.29, 0.717) is 12.5 Å². The van der Waals surface area contributed by atoms with E-state index in [9.17, 15) is 4.79 Å². The first kappa shape index (κ1) is 21.0. The van der Waals surface area contributed by atoms with Crippen LogP contribution in [0.3, 0.4) is 0 Å². The van der Waals surface area contributed by atoms with E-state index in [1.54, 1.807) is 18.3 Å². The molecule has 3 nitrogen and oxygen atoms in total. The van der Waals surface area contributed by atoms with E-state index < -0.39 is 0 Å². The number of Topliss-reactive ketones (excluding diaryl/α,β-unsaturated/α-hetero) is 1. The minimum atomic E-state index is 0.155. The third-order valence-electron chi connectivity index (χ3n) is 6.65. The van der Waals surface area contributed by atoms with Crippen LogP contribution in [0.4, 0.5) is 0 Å². The third-order valence-corrected chi connectivity index (χ3v) is 7.90. The van der Waals surface area contributed by atoms with Gasteiger partial charge in [-0.3, -0.25) is 4.79 Å². The van der Waals surface area contributed by atoms with E-state index in [4.69, 9.17) is 4.74 Å². The number of thiophene rings is 1. The molecule has 4 heteroatoms. The Morgan fingerprint density at radius 3 is 2.44 bits per heavy atom. The van der Waals surface area contributed by atoms with Gasteiger partial charge in [0.25, 0.3) is 0 Å². The summed E-state index contributed by atoms with van der Waals surface area (Å²) < 4.78 is 9.59. The molecule has 4 aromatic rings. The van der Waals surface area contributed by atoms with Crippen molar-refractivity contribution in [2.75, 3.05) is 0 Å². The van der Waals surface area contributed by atoms with E-state index in [1.165, 1.54) is 64.7 Å². The zero-order valence-corrected chi connectivity index (χ0v) is 19.6. The first-order valence-corrected chi connectivity index (χ1v) is 12.3. The summed E-state index contributed by atoms with van der Waals surface area (Å²) in [5.74, 6) is 1.60. The van der Waals surface area contributed by atoms with Gasteiger partial charge in [0.05, 0.1) is 20.8 Å². The number of benzene rings is 2. The summed E-state index contributed by atoms with van der Waals surface area (Å²) in [7, 11) is 2.14. The standard InChI is InChI=1S/C28H29NO2S/c1-19(30)25-17-24-28(32-25)26(21-11-7-4-8-12-21)27(29(24)2)22-13-15-23(16-14-22)31-18-20-9-5-3-6-10-20/h3,5-6,9-10,13-17,21H,4,7-8,11-12,18H2,1-2H3. The lowest BCUT2D eigenvalue weighted by atomic mass is 9.83. The van der Waals surface area contributed by atoms with Crippen molar-refractivity contribution in [3.8, 4) is 17.0 Å². The van der Waals surface area contributed by atoms with Crippen molar-refractivity contribution >= 4 is 27.3 Å². The second kappa shape index (κ2) is 8.95. The zero-order chi connectivity index (χ0) is 22.1. The molecule has 0 unspecified atom stereocenters. The molecule has 0 radical (unpaired) electrons. The Hall–Kier alpha value is -2.85. The summed E-state index contributed by atoms with van der Waals surface area (Å²) in [6.07, 6.45) is 6.38. The molecule has 164 valence electrons. The normalized spacial score (nSPS) is 14.7. The Kier molecular flexibility index (Phi) is 5.88. The summed E-state index contributed by atoms with van der Waals surface area (Å²) in [5, 5.41) is 0. The maximum atomic E-state index is 12.1. The van der Waals surface area contributed by atoms with Crippen LogP contribution in [0.5, 0.6) is 5.75 Å². The molecule has 0 atom stereocenters. The highest BCUT2D eigenvalue weighted by molar-refractivity contribution is 7.21. The van der Waals surface area contributed by atoms with Gasteiger partial charge in [-0.15, -0.1) is 11.3 Å². The fourth-order valence-corrected chi connectivity index (χ4v) is 6.18. The van der Waals surface area contributed by atoms with Gasteiger partial charge >= 0.3 is 0 Å². The fourth-order valence-electron chi connectivity index (χ4n) is 4.97. The number of ketones is 1. The molecule has 2 heterocycles. The lowest BCUT2D eigenvalue weighted by Gasteiger charge is -2.23. The van der Waals surface area contributed by atoms with E-state index in [0.717, 1.165) is 10.6 Å². The Morgan fingerprint density at radius 1 is 1.03 bits per heavy atom. The van der Waals surface area contributed by atoms with Gasteiger partial charge in [0.1, 0.15) is 12.4 Å². The number of hydrogen-bond donors (Lipinski definition) is 0. The molecule has 0 amide bonds. The van der Waals surface area contributed by atoms with Crippen LogP contribution in [0.1, 0.15) is 65.7 Å². The minimum Gasteiger partial charge on any atom is -0.489 e. The highest BCUT2D eigenvalue weighted by atomic mass is 32.1. The average Bonchev–Trinajstić information content (AvgIpc) is 3.38. The topological polar surface area (TPSA) is 31.2 Å². The summed E-state index contributed by atoms with van der Waals surface area (Å²) in [4.78, 5) is 12.9. The van der Waals surface area contributed by atoms with Crippen LogP contribution in [-0.2, 0) is 13.7 Å². The van der Waals surface area contributed by atoms with E-state index in [2.05, 4.69) is 54.1 Å². The molecule has 0 spiro atoms. The van der Waals surface area contributed by atoms with Crippen LogP contribution in [0.2, 0.25) is 0 Å². The molecule has 2 aromatic heterocycles. The molecule has 1 saturated carbocycles. The van der Waals surface area contributed by atoms with Gasteiger partial charge in [-0.25, -0.2) is 0 Å². The Bertz CT molecular complexity index is 1230. The van der Waals surface area contributed by atoms with Crippen LogP contribution in [0.15, 0.2) is 60.7 Å². The average molecular weight is 444 g/mol. The molecule has 32 heavy (non-hydrogen) atoms. The molecule has 0 aliphatic heterocycles. The Balaban J connectivity index is 1.50. The van der Waals surface area contributed by atoms with Crippen molar-refractivity contribution in [2.24, 2.45) is 7.05 Å². The maximum absolute atomic E-state index is 12.1. The van der Waals surface area contributed by atoms with Crippen molar-refractivity contribution in [3.05, 3.63) is 76.7 Å². The molecule has 0 N–H and O–H groups in total. The molecular formula is C28H29NO2S. The van der Waals surface area contributed by atoms with Gasteiger partial charge in [0.2, 0.25) is 0 Å². The van der Waals surface area contributed by atoms with Crippen LogP contribution < -0.4 is 4.74 Å². The molecular weight excluding hydrogens is 414 g/mol. The number of ether oxygens (including phenoxy) is 1. The van der Waals surface area contributed by atoms with Crippen molar-refractivity contribution in [1.29, 1.82) is 0 Å². The number of aromatic nitrogens is 1. The number of carbonyl (C=O) groups excluding carboxylic acids is 1. The quantitative estimate of drug-likeness (QED) is 0.285. The lowest BCUT2D eigenvalue weighted by Crippen LogP contribution is -2.06. The molecule has 5 rings (SSSR count). The smallest absolute Gasteiger partial charge is 0.169 e. The summed E-state index contributed by atoms with van der Waals surface area (Å²) in [6.45, 7) is 2.24. The predicted octanol–water partition coefficient (Wildman–Crippen LogP) is 7.74. The molecule has 1 aliphatic rings. The largest absolute Gasteiger partial charge is 0.489 e. The second-order valence-corrected chi connectivity index (χ2v) is 9.89. The van der Waals surface area contributed by atoms with Gasteiger partial charge in [0, 0.05) is 7.05 Å².